The first kappa shape index (κ1) is 18.5. The predicted molar refractivity (Wildman–Crippen MR) is 113 cm³/mol. The highest BCUT2D eigenvalue weighted by atomic mass is 32.1. The summed E-state index contributed by atoms with van der Waals surface area (Å²) in [7, 11) is 0. The van der Waals surface area contributed by atoms with Gasteiger partial charge in [-0.1, -0.05) is 12.1 Å². The number of amides is 1. The SMILES string of the molecule is O=C(COc1ccc(-c2nnco2)cc1)Nc1nc(-c2ccc3c(c2)CCC3)cs1. The fourth-order valence-electron chi connectivity index (χ4n) is 3.49. The van der Waals surface area contributed by atoms with Crippen LogP contribution in [-0.2, 0) is 17.6 Å². The average Bonchev–Trinajstić information content (AvgIpc) is 3.53. The number of fused-ring (bicyclic) bond motifs is 1. The first-order valence-corrected chi connectivity index (χ1v) is 10.5. The molecular weight excluding hydrogens is 400 g/mol. The molecule has 1 aliphatic rings. The molecule has 7 nitrogen and oxygen atoms in total. The lowest BCUT2D eigenvalue weighted by Gasteiger charge is -2.06. The monoisotopic (exact) mass is 418 g/mol. The molecule has 30 heavy (non-hydrogen) atoms. The number of ether oxygens (including phenoxy) is 1. The molecule has 2 aromatic carbocycles. The molecule has 5 rings (SSSR count). The Bertz CT molecular complexity index is 1170. The highest BCUT2D eigenvalue weighted by Crippen LogP contribution is 2.30. The Kier molecular flexibility index (Phi) is 4.98. The maximum Gasteiger partial charge on any atom is 0.264 e. The number of aryl methyl sites for hydroxylation is 2. The van der Waals surface area contributed by atoms with Gasteiger partial charge in [-0.05, 0) is 60.7 Å². The van der Waals surface area contributed by atoms with Crippen LogP contribution in [0.1, 0.15) is 17.5 Å². The van der Waals surface area contributed by atoms with Gasteiger partial charge >= 0.3 is 0 Å². The quantitative estimate of drug-likeness (QED) is 0.500. The molecule has 8 heteroatoms. The summed E-state index contributed by atoms with van der Waals surface area (Å²) in [5.74, 6) is 0.749. The zero-order valence-corrected chi connectivity index (χ0v) is 16.8. The zero-order valence-electron chi connectivity index (χ0n) is 16.0. The summed E-state index contributed by atoms with van der Waals surface area (Å²) >= 11 is 1.41. The van der Waals surface area contributed by atoms with Crippen LogP contribution in [0.25, 0.3) is 22.7 Å². The largest absolute Gasteiger partial charge is 0.484 e. The van der Waals surface area contributed by atoms with Gasteiger partial charge in [0.1, 0.15) is 5.75 Å². The molecule has 0 unspecified atom stereocenters. The van der Waals surface area contributed by atoms with Gasteiger partial charge in [0.05, 0.1) is 5.69 Å². The van der Waals surface area contributed by atoms with Gasteiger partial charge in [-0.25, -0.2) is 4.98 Å². The maximum atomic E-state index is 12.2. The molecule has 0 saturated carbocycles. The molecule has 1 aliphatic carbocycles. The van der Waals surface area contributed by atoms with E-state index in [4.69, 9.17) is 9.15 Å². The third-order valence-electron chi connectivity index (χ3n) is 4.98. The van der Waals surface area contributed by atoms with Crippen molar-refractivity contribution < 1.29 is 13.9 Å². The van der Waals surface area contributed by atoms with Crippen molar-refractivity contribution in [2.45, 2.75) is 19.3 Å². The first-order valence-electron chi connectivity index (χ1n) is 9.61. The highest BCUT2D eigenvalue weighted by molar-refractivity contribution is 7.14. The minimum absolute atomic E-state index is 0.104. The molecular formula is C22H18N4O3S. The highest BCUT2D eigenvalue weighted by Gasteiger charge is 2.14. The van der Waals surface area contributed by atoms with E-state index < -0.39 is 0 Å². The van der Waals surface area contributed by atoms with Crippen molar-refractivity contribution >= 4 is 22.4 Å². The molecule has 0 bridgehead atoms. The number of thiazole rings is 1. The van der Waals surface area contributed by atoms with Crippen LogP contribution in [0.2, 0.25) is 0 Å². The van der Waals surface area contributed by atoms with Crippen LogP contribution >= 0.6 is 11.3 Å². The molecule has 4 aromatic rings. The summed E-state index contributed by atoms with van der Waals surface area (Å²) in [4.78, 5) is 16.8. The Hall–Kier alpha value is -3.52. The first-order chi connectivity index (χ1) is 14.7. The molecule has 0 atom stereocenters. The van der Waals surface area contributed by atoms with Gasteiger partial charge in [-0.2, -0.15) is 0 Å². The van der Waals surface area contributed by atoms with E-state index in [0.29, 0.717) is 16.8 Å². The number of nitrogens with zero attached hydrogens (tertiary/aromatic N) is 3. The summed E-state index contributed by atoms with van der Waals surface area (Å²) < 4.78 is 10.7. The van der Waals surface area contributed by atoms with Gasteiger partial charge in [0.25, 0.3) is 5.91 Å². The molecule has 2 heterocycles. The number of carbonyl (C=O) groups excluding carboxylic acids is 1. The van der Waals surface area contributed by atoms with E-state index in [9.17, 15) is 4.79 Å². The molecule has 1 amide bonds. The van der Waals surface area contributed by atoms with Crippen LogP contribution in [0.3, 0.4) is 0 Å². The van der Waals surface area contributed by atoms with E-state index in [1.807, 2.05) is 5.38 Å². The Morgan fingerprint density at radius 3 is 2.77 bits per heavy atom. The van der Waals surface area contributed by atoms with Gasteiger partial charge in [-0.3, -0.25) is 10.1 Å². The number of nitrogens with one attached hydrogen (secondary N) is 1. The normalized spacial score (nSPS) is 12.5. The predicted octanol–water partition coefficient (Wildman–Crippen LogP) is 4.37. The van der Waals surface area contributed by atoms with Crippen molar-refractivity contribution in [2.24, 2.45) is 0 Å². The van der Waals surface area contributed by atoms with Gasteiger partial charge in [0.15, 0.2) is 11.7 Å². The number of hydrogen-bond donors (Lipinski definition) is 1. The number of carbonyl (C=O) groups is 1. The van der Waals surface area contributed by atoms with Gasteiger partial charge < -0.3 is 9.15 Å². The number of benzene rings is 2. The number of anilines is 1. The summed E-state index contributed by atoms with van der Waals surface area (Å²) in [6.45, 7) is -0.104. The lowest BCUT2D eigenvalue weighted by molar-refractivity contribution is -0.118. The second-order valence-corrected chi connectivity index (χ2v) is 7.84. The zero-order chi connectivity index (χ0) is 20.3. The smallest absolute Gasteiger partial charge is 0.264 e. The van der Waals surface area contributed by atoms with E-state index >= 15 is 0 Å². The Morgan fingerprint density at radius 2 is 1.93 bits per heavy atom. The Labute approximate surface area is 176 Å². The molecule has 0 radical (unpaired) electrons. The van der Waals surface area contributed by atoms with E-state index in [0.717, 1.165) is 29.7 Å². The number of aromatic nitrogens is 3. The Morgan fingerprint density at radius 1 is 1.10 bits per heavy atom. The lowest BCUT2D eigenvalue weighted by Crippen LogP contribution is -2.20. The minimum Gasteiger partial charge on any atom is -0.484 e. The second-order valence-electron chi connectivity index (χ2n) is 6.98. The number of hydrogen-bond acceptors (Lipinski definition) is 7. The van der Waals surface area contributed by atoms with Gasteiger partial charge in [0.2, 0.25) is 12.3 Å². The molecule has 0 spiro atoms. The second kappa shape index (κ2) is 8.08. The molecule has 0 aliphatic heterocycles. The molecule has 1 N–H and O–H groups in total. The van der Waals surface area contributed by atoms with Crippen LogP contribution in [0.15, 0.2) is 58.7 Å². The van der Waals surface area contributed by atoms with E-state index in [2.05, 4.69) is 38.7 Å². The minimum atomic E-state index is -0.258. The van der Waals surface area contributed by atoms with Crippen LogP contribution in [-0.4, -0.2) is 27.7 Å². The molecule has 150 valence electrons. The molecule has 0 fully saturated rings. The van der Waals surface area contributed by atoms with Gasteiger partial charge in [0, 0.05) is 16.5 Å². The molecule has 0 saturated heterocycles. The average molecular weight is 418 g/mol. The van der Waals surface area contributed by atoms with Crippen LogP contribution < -0.4 is 10.1 Å². The number of rotatable bonds is 6. The topological polar surface area (TPSA) is 90.1 Å². The van der Waals surface area contributed by atoms with Crippen LogP contribution in [0, 0.1) is 0 Å². The van der Waals surface area contributed by atoms with Crippen molar-refractivity contribution in [2.75, 3.05) is 11.9 Å². The van der Waals surface area contributed by atoms with Crippen molar-refractivity contribution in [3.63, 3.8) is 0 Å². The van der Waals surface area contributed by atoms with E-state index in [1.165, 1.54) is 35.3 Å². The summed E-state index contributed by atoms with van der Waals surface area (Å²) in [5, 5.41) is 12.8. The van der Waals surface area contributed by atoms with Gasteiger partial charge in [-0.15, -0.1) is 21.5 Å². The van der Waals surface area contributed by atoms with Crippen molar-refractivity contribution in [1.82, 2.24) is 15.2 Å². The molecule has 2 aromatic heterocycles. The summed E-state index contributed by atoms with van der Waals surface area (Å²) in [5.41, 5.74) is 5.59. The lowest BCUT2D eigenvalue weighted by atomic mass is 10.1. The van der Waals surface area contributed by atoms with Crippen LogP contribution in [0.4, 0.5) is 5.13 Å². The fourth-order valence-corrected chi connectivity index (χ4v) is 4.23. The van der Waals surface area contributed by atoms with E-state index in [1.54, 1.807) is 24.3 Å². The third-order valence-corrected chi connectivity index (χ3v) is 5.73. The van der Waals surface area contributed by atoms with Crippen molar-refractivity contribution in [3.05, 3.63) is 65.4 Å². The summed E-state index contributed by atoms with van der Waals surface area (Å²) in [6, 6.07) is 13.6. The maximum absolute atomic E-state index is 12.2. The summed E-state index contributed by atoms with van der Waals surface area (Å²) in [6.07, 6.45) is 4.78. The van der Waals surface area contributed by atoms with Crippen molar-refractivity contribution in [3.8, 4) is 28.5 Å². The van der Waals surface area contributed by atoms with Crippen LogP contribution in [0.5, 0.6) is 5.75 Å². The Balaban J connectivity index is 1.17. The standard InChI is InChI=1S/C22H18N4O3S/c27-20(11-28-18-8-6-15(7-9-18)21-26-23-13-29-21)25-22-24-19(12-30-22)17-5-4-14-2-1-3-16(14)10-17/h4-10,12-13H,1-3,11H2,(H,24,25,27). The third kappa shape index (κ3) is 3.95. The van der Waals surface area contributed by atoms with E-state index in [-0.39, 0.29) is 12.5 Å². The van der Waals surface area contributed by atoms with Crippen molar-refractivity contribution in [1.29, 1.82) is 0 Å². The fraction of sp³-hybridized carbons (Fsp3) is 0.182.